The van der Waals surface area contributed by atoms with Crippen molar-refractivity contribution in [3.63, 3.8) is 0 Å². The Morgan fingerprint density at radius 3 is 2.95 bits per heavy atom. The molecule has 1 aliphatic rings. The number of rotatable bonds is 4. The maximum Gasteiger partial charge on any atom is 0.253 e. The Morgan fingerprint density at radius 1 is 1.36 bits per heavy atom. The van der Waals surface area contributed by atoms with Crippen LogP contribution in [0.1, 0.15) is 41.9 Å². The van der Waals surface area contributed by atoms with E-state index in [1.54, 1.807) is 12.3 Å². The number of pyridine rings is 1. The normalized spacial score (nSPS) is 17.1. The molecule has 0 aliphatic heterocycles. The highest BCUT2D eigenvalue weighted by molar-refractivity contribution is 5.94. The molecule has 0 radical (unpaired) electrons. The molecule has 2 aromatic heterocycles. The average molecular weight is 299 g/mol. The molecule has 0 bridgehead atoms. The summed E-state index contributed by atoms with van der Waals surface area (Å²) in [5, 5.41) is 13.3. The van der Waals surface area contributed by atoms with Crippen molar-refractivity contribution in [1.82, 2.24) is 20.5 Å². The lowest BCUT2D eigenvalue weighted by Gasteiger charge is -2.22. The smallest absolute Gasteiger partial charge is 0.253 e. The van der Waals surface area contributed by atoms with Crippen molar-refractivity contribution in [3.05, 3.63) is 41.3 Å². The third kappa shape index (κ3) is 3.27. The van der Waals surface area contributed by atoms with Crippen LogP contribution < -0.4 is 10.6 Å². The fourth-order valence-electron chi connectivity index (χ4n) is 2.71. The maximum absolute atomic E-state index is 12.3. The van der Waals surface area contributed by atoms with Gasteiger partial charge in [0.1, 0.15) is 5.82 Å². The van der Waals surface area contributed by atoms with Gasteiger partial charge in [-0.05, 0) is 44.4 Å². The highest BCUT2D eigenvalue weighted by Crippen LogP contribution is 2.19. The summed E-state index contributed by atoms with van der Waals surface area (Å²) in [4.78, 5) is 16.6. The second kappa shape index (κ2) is 6.17. The number of anilines is 1. The van der Waals surface area contributed by atoms with Crippen molar-refractivity contribution in [2.24, 2.45) is 0 Å². The van der Waals surface area contributed by atoms with Crippen molar-refractivity contribution >= 4 is 11.7 Å². The van der Waals surface area contributed by atoms with E-state index in [1.165, 1.54) is 5.56 Å². The van der Waals surface area contributed by atoms with Crippen molar-refractivity contribution < 1.29 is 4.79 Å². The van der Waals surface area contributed by atoms with Crippen LogP contribution in [0, 0.1) is 0 Å². The predicted octanol–water partition coefficient (Wildman–Crippen LogP) is 1.91. The van der Waals surface area contributed by atoms with Gasteiger partial charge in [0.25, 0.3) is 5.91 Å². The van der Waals surface area contributed by atoms with E-state index in [0.29, 0.717) is 11.6 Å². The number of hydrogen-bond acceptors (Lipinski definition) is 4. The molecule has 6 nitrogen and oxygen atoms in total. The molecule has 1 amide bonds. The molecule has 2 heterocycles. The first kappa shape index (κ1) is 14.6. The second-order valence-electron chi connectivity index (χ2n) is 6.02. The van der Waals surface area contributed by atoms with Gasteiger partial charge in [0, 0.05) is 30.4 Å². The number of nitrogens with one attached hydrogen (secondary N) is 3. The van der Waals surface area contributed by atoms with Crippen LogP contribution in [0.25, 0.3) is 0 Å². The average Bonchev–Trinajstić information content (AvgIpc) is 2.95. The van der Waals surface area contributed by atoms with Crippen LogP contribution in [0.3, 0.4) is 0 Å². The highest BCUT2D eigenvalue weighted by Gasteiger charge is 2.22. The van der Waals surface area contributed by atoms with Crippen LogP contribution in [0.15, 0.2) is 24.5 Å². The van der Waals surface area contributed by atoms with Crippen molar-refractivity contribution in [2.75, 3.05) is 5.32 Å². The Balaban J connectivity index is 1.60. The first-order valence-electron chi connectivity index (χ1n) is 7.66. The summed E-state index contributed by atoms with van der Waals surface area (Å²) >= 11 is 0. The third-order valence-corrected chi connectivity index (χ3v) is 3.82. The molecule has 0 saturated heterocycles. The zero-order valence-corrected chi connectivity index (χ0v) is 12.9. The number of hydrogen-bond donors (Lipinski definition) is 3. The minimum atomic E-state index is -0.0726. The molecule has 6 heteroatoms. The van der Waals surface area contributed by atoms with Gasteiger partial charge in [0.15, 0.2) is 0 Å². The Hall–Kier alpha value is -2.37. The lowest BCUT2D eigenvalue weighted by Crippen LogP contribution is -2.38. The van der Waals surface area contributed by atoms with Crippen LogP contribution >= 0.6 is 0 Å². The van der Waals surface area contributed by atoms with Gasteiger partial charge in [-0.2, -0.15) is 5.10 Å². The van der Waals surface area contributed by atoms with E-state index >= 15 is 0 Å². The molecule has 1 atom stereocenters. The summed E-state index contributed by atoms with van der Waals surface area (Å²) in [7, 11) is 0. The number of carbonyl (C=O) groups excluding carboxylic acids is 1. The zero-order valence-electron chi connectivity index (χ0n) is 12.9. The fraction of sp³-hybridized carbons (Fsp3) is 0.438. The molecule has 3 rings (SSSR count). The lowest BCUT2D eigenvalue weighted by molar-refractivity contribution is 0.0933. The molecule has 0 saturated carbocycles. The zero-order chi connectivity index (χ0) is 15.5. The van der Waals surface area contributed by atoms with E-state index in [1.807, 2.05) is 12.3 Å². The Bertz CT molecular complexity index is 647. The summed E-state index contributed by atoms with van der Waals surface area (Å²) < 4.78 is 0. The number of H-pyrrole nitrogens is 1. The molecule has 0 spiro atoms. The van der Waals surface area contributed by atoms with Gasteiger partial charge in [-0.3, -0.25) is 9.89 Å². The van der Waals surface area contributed by atoms with Gasteiger partial charge in [0.2, 0.25) is 0 Å². The van der Waals surface area contributed by atoms with Gasteiger partial charge >= 0.3 is 0 Å². The van der Waals surface area contributed by atoms with Gasteiger partial charge in [-0.25, -0.2) is 4.98 Å². The summed E-state index contributed by atoms with van der Waals surface area (Å²) in [6, 6.07) is 4.10. The minimum absolute atomic E-state index is 0.0726. The highest BCUT2D eigenvalue weighted by atomic mass is 16.1. The number of carbonyl (C=O) groups is 1. The van der Waals surface area contributed by atoms with Gasteiger partial charge in [0.05, 0.1) is 11.8 Å². The molecule has 1 aliphatic carbocycles. The predicted molar refractivity (Wildman–Crippen MR) is 84.9 cm³/mol. The van der Waals surface area contributed by atoms with Crippen LogP contribution in [0.4, 0.5) is 5.82 Å². The van der Waals surface area contributed by atoms with Crippen molar-refractivity contribution in [3.8, 4) is 0 Å². The molecule has 1 unspecified atom stereocenters. The maximum atomic E-state index is 12.3. The molecule has 2 aromatic rings. The first-order chi connectivity index (χ1) is 10.6. The van der Waals surface area contributed by atoms with Gasteiger partial charge in [-0.1, -0.05) is 0 Å². The number of aromatic nitrogens is 3. The minimum Gasteiger partial charge on any atom is -0.368 e. The standard InChI is InChI=1S/C16H21N5O/c1-10(2)19-15-6-4-12(8-17-15)16(22)20-13-5-3-11-9-18-21-14(11)7-13/h4,6,8-10,13H,3,5,7H2,1-2H3,(H,17,19)(H,18,21)(H,20,22). The Morgan fingerprint density at radius 2 is 2.23 bits per heavy atom. The quantitative estimate of drug-likeness (QED) is 0.805. The topological polar surface area (TPSA) is 82.7 Å². The summed E-state index contributed by atoms with van der Waals surface area (Å²) in [5.74, 6) is 0.711. The van der Waals surface area contributed by atoms with Gasteiger partial charge < -0.3 is 10.6 Å². The SMILES string of the molecule is CC(C)Nc1ccc(C(=O)NC2CCc3cn[nH]c3C2)cn1. The van der Waals surface area contributed by atoms with Crippen molar-refractivity contribution in [1.29, 1.82) is 0 Å². The summed E-state index contributed by atoms with van der Waals surface area (Å²) in [6.45, 7) is 4.10. The van der Waals surface area contributed by atoms with Crippen LogP contribution in [0.2, 0.25) is 0 Å². The lowest BCUT2D eigenvalue weighted by atomic mass is 9.93. The van der Waals surface area contributed by atoms with Crippen LogP contribution in [0.5, 0.6) is 0 Å². The van der Waals surface area contributed by atoms with E-state index in [2.05, 4.69) is 39.7 Å². The van der Waals surface area contributed by atoms with Crippen LogP contribution in [-0.2, 0) is 12.8 Å². The monoisotopic (exact) mass is 299 g/mol. The van der Waals surface area contributed by atoms with E-state index in [0.717, 1.165) is 30.8 Å². The first-order valence-corrected chi connectivity index (χ1v) is 7.66. The Kier molecular flexibility index (Phi) is 4.09. The second-order valence-corrected chi connectivity index (χ2v) is 6.02. The number of fused-ring (bicyclic) bond motifs is 1. The van der Waals surface area contributed by atoms with E-state index in [9.17, 15) is 4.79 Å². The molecule has 3 N–H and O–H groups in total. The fourth-order valence-corrected chi connectivity index (χ4v) is 2.71. The number of aromatic amines is 1. The van der Waals surface area contributed by atoms with E-state index < -0.39 is 0 Å². The third-order valence-electron chi connectivity index (χ3n) is 3.82. The number of nitrogens with zero attached hydrogens (tertiary/aromatic N) is 2. The van der Waals surface area contributed by atoms with Gasteiger partial charge in [-0.15, -0.1) is 0 Å². The summed E-state index contributed by atoms with van der Waals surface area (Å²) in [5.41, 5.74) is 2.98. The molecule has 0 aromatic carbocycles. The molecule has 116 valence electrons. The van der Waals surface area contributed by atoms with E-state index in [-0.39, 0.29) is 11.9 Å². The molecular weight excluding hydrogens is 278 g/mol. The molecule has 22 heavy (non-hydrogen) atoms. The number of aryl methyl sites for hydroxylation is 1. The molecular formula is C16H21N5O. The van der Waals surface area contributed by atoms with Crippen molar-refractivity contribution in [2.45, 2.75) is 45.2 Å². The van der Waals surface area contributed by atoms with Crippen LogP contribution in [-0.4, -0.2) is 33.2 Å². The summed E-state index contributed by atoms with van der Waals surface area (Å²) in [6.07, 6.45) is 6.19. The Labute approximate surface area is 129 Å². The number of amides is 1. The largest absolute Gasteiger partial charge is 0.368 e. The molecule has 0 fully saturated rings. The van der Waals surface area contributed by atoms with E-state index in [4.69, 9.17) is 0 Å².